The van der Waals surface area contributed by atoms with E-state index in [0.717, 1.165) is 38.5 Å². The molecule has 0 saturated heterocycles. The minimum absolute atomic E-state index is 0.0336. The summed E-state index contributed by atoms with van der Waals surface area (Å²) in [6.45, 7) is 6.58. The molecule has 46 heavy (non-hydrogen) atoms. The Morgan fingerprint density at radius 1 is 1.24 bits per heavy atom. The summed E-state index contributed by atoms with van der Waals surface area (Å²) in [6.07, 6.45) is 8.63. The molecule has 9 nitrogen and oxygen atoms in total. The van der Waals surface area contributed by atoms with Gasteiger partial charge in [-0.3, -0.25) is 9.59 Å². The number of halogens is 1. The van der Waals surface area contributed by atoms with Gasteiger partial charge in [0.2, 0.25) is 10.0 Å². The van der Waals surface area contributed by atoms with Crippen LogP contribution in [0.1, 0.15) is 80.8 Å². The zero-order valence-electron chi connectivity index (χ0n) is 27.1. The second-order valence-corrected chi connectivity index (χ2v) is 16.0. The largest absolute Gasteiger partial charge is 0.490 e. The van der Waals surface area contributed by atoms with Gasteiger partial charge in [0.15, 0.2) is 0 Å². The number of fused-ring (bicyclic) bond motifs is 3. The van der Waals surface area contributed by atoms with Crippen LogP contribution >= 0.6 is 11.6 Å². The lowest BCUT2D eigenvalue weighted by Crippen LogP contribution is -2.53. The van der Waals surface area contributed by atoms with Crippen LogP contribution in [0.2, 0.25) is 5.02 Å². The van der Waals surface area contributed by atoms with E-state index in [1.165, 1.54) is 32.1 Å². The van der Waals surface area contributed by atoms with Crippen LogP contribution in [-0.2, 0) is 31.4 Å². The second-order valence-electron chi connectivity index (χ2n) is 13.3. The van der Waals surface area contributed by atoms with E-state index in [9.17, 15) is 23.1 Å². The minimum Gasteiger partial charge on any atom is -0.490 e. The molecule has 1 fully saturated rings. The average molecular weight is 673 g/mol. The van der Waals surface area contributed by atoms with E-state index in [2.05, 4.69) is 15.7 Å². The van der Waals surface area contributed by atoms with Crippen molar-refractivity contribution in [2.24, 2.45) is 11.8 Å². The van der Waals surface area contributed by atoms with Gasteiger partial charge >= 0.3 is 5.97 Å². The summed E-state index contributed by atoms with van der Waals surface area (Å²) in [4.78, 5) is 27.8. The fourth-order valence-corrected chi connectivity index (χ4v) is 8.04. The van der Waals surface area contributed by atoms with Gasteiger partial charge in [0.1, 0.15) is 5.75 Å². The van der Waals surface area contributed by atoms with Crippen molar-refractivity contribution in [3.63, 3.8) is 0 Å². The highest BCUT2D eigenvalue weighted by atomic mass is 35.5. The molecule has 4 atom stereocenters. The summed E-state index contributed by atoms with van der Waals surface area (Å²) in [5.74, 6) is -0.713. The number of aliphatic hydroxyl groups is 1. The Kier molecular flexibility index (Phi) is 10.1. The molecule has 0 aromatic heterocycles. The summed E-state index contributed by atoms with van der Waals surface area (Å²) in [7, 11) is -2.50. The zero-order valence-corrected chi connectivity index (χ0v) is 28.6. The lowest BCUT2D eigenvalue weighted by Gasteiger charge is -2.49. The molecular formula is C35H45ClN2O7S. The highest BCUT2D eigenvalue weighted by molar-refractivity contribution is 7.90. The molecular weight excluding hydrogens is 628 g/mol. The van der Waals surface area contributed by atoms with Crippen molar-refractivity contribution in [1.82, 2.24) is 4.72 Å². The number of aryl methyl sites for hydroxylation is 1. The number of anilines is 1. The van der Waals surface area contributed by atoms with E-state index in [-0.39, 0.29) is 29.2 Å². The number of methoxy groups -OCH3 is 1. The van der Waals surface area contributed by atoms with Gasteiger partial charge in [-0.1, -0.05) is 36.7 Å². The van der Waals surface area contributed by atoms with E-state index < -0.39 is 32.8 Å². The van der Waals surface area contributed by atoms with Crippen LogP contribution in [0.15, 0.2) is 48.6 Å². The van der Waals surface area contributed by atoms with Crippen molar-refractivity contribution in [3.05, 3.63) is 70.3 Å². The van der Waals surface area contributed by atoms with Crippen molar-refractivity contribution in [1.29, 1.82) is 0 Å². The third kappa shape index (κ3) is 6.94. The molecule has 2 aliphatic carbocycles. The van der Waals surface area contributed by atoms with Gasteiger partial charge in [-0.2, -0.15) is 0 Å². The molecule has 1 saturated carbocycles. The van der Waals surface area contributed by atoms with Crippen molar-refractivity contribution in [3.8, 4) is 5.75 Å². The molecule has 2 aromatic rings. The van der Waals surface area contributed by atoms with Crippen molar-refractivity contribution in [2.45, 2.75) is 82.0 Å². The number of carbonyl (C=O) groups is 2. The van der Waals surface area contributed by atoms with Gasteiger partial charge in [0.05, 0.1) is 36.7 Å². The number of ether oxygens (including phenoxy) is 2. The Bertz CT molecular complexity index is 1610. The first kappa shape index (κ1) is 34.3. The Morgan fingerprint density at radius 3 is 2.70 bits per heavy atom. The molecule has 0 bridgehead atoms. The minimum atomic E-state index is -3.83. The molecule has 5 rings (SSSR count). The van der Waals surface area contributed by atoms with Crippen LogP contribution in [-0.4, -0.2) is 63.1 Å². The highest BCUT2D eigenvalue weighted by Gasteiger charge is 2.49. The molecule has 1 aliphatic heterocycles. The van der Waals surface area contributed by atoms with Gasteiger partial charge in [-0.25, -0.2) is 13.1 Å². The predicted molar refractivity (Wildman–Crippen MR) is 179 cm³/mol. The van der Waals surface area contributed by atoms with Crippen LogP contribution in [0.3, 0.4) is 0 Å². The fourth-order valence-electron chi connectivity index (χ4n) is 7.23. The number of carbonyl (C=O) groups excluding carboxylic acids is 2. The first-order valence-electron chi connectivity index (χ1n) is 16.1. The standard InChI is InChI=1S/C35H45ClN2O7S/c1-5-6-16-35(41,19-32(39)44-4)29-12-9-26(29)20-38-21-34(15-7-8-24-17-27(36)11-13-28(24)34)22-45-31-14-10-25(18-30(31)38)33(40)37-46(42,43)23(2)3/h6,10-11,13-14,16-18,23,26,29,41H,5,7-9,12,15,19-22H2,1-4H3,(H,37,40)/b16-6+/t26-,29+,34-,35-/m0/s1. The van der Waals surface area contributed by atoms with Gasteiger partial charge in [0.25, 0.3) is 5.91 Å². The van der Waals surface area contributed by atoms with Gasteiger partial charge < -0.3 is 19.5 Å². The molecule has 250 valence electrons. The number of benzene rings is 2. The fraction of sp³-hybridized carbons (Fsp3) is 0.543. The maximum atomic E-state index is 13.2. The van der Waals surface area contributed by atoms with Gasteiger partial charge in [-0.05, 0) is 106 Å². The number of rotatable bonds is 10. The second kappa shape index (κ2) is 13.6. The lowest BCUT2D eigenvalue weighted by atomic mass is 9.63. The molecule has 2 N–H and O–H groups in total. The van der Waals surface area contributed by atoms with E-state index in [4.69, 9.17) is 21.1 Å². The van der Waals surface area contributed by atoms with Crippen LogP contribution in [0.4, 0.5) is 5.69 Å². The molecule has 1 spiro atoms. The van der Waals surface area contributed by atoms with E-state index >= 15 is 0 Å². The first-order chi connectivity index (χ1) is 21.8. The average Bonchev–Trinajstić information content (AvgIpc) is 3.14. The maximum absolute atomic E-state index is 13.2. The number of nitrogens with one attached hydrogen (secondary N) is 1. The molecule has 0 unspecified atom stereocenters. The zero-order chi connectivity index (χ0) is 33.3. The molecule has 1 amide bonds. The third-order valence-corrected chi connectivity index (χ3v) is 11.9. The number of hydrogen-bond acceptors (Lipinski definition) is 8. The summed E-state index contributed by atoms with van der Waals surface area (Å²) < 4.78 is 38.7. The third-order valence-electron chi connectivity index (χ3n) is 9.97. The Labute approximate surface area is 277 Å². The van der Waals surface area contributed by atoms with E-state index in [0.29, 0.717) is 36.2 Å². The molecule has 1 heterocycles. The Balaban J connectivity index is 1.54. The molecule has 3 aliphatic rings. The summed E-state index contributed by atoms with van der Waals surface area (Å²) in [5, 5.41) is 11.8. The topological polar surface area (TPSA) is 122 Å². The number of esters is 1. The van der Waals surface area contributed by atoms with E-state index in [1.54, 1.807) is 24.3 Å². The number of hydrogen-bond donors (Lipinski definition) is 2. The Hall–Kier alpha value is -3.08. The maximum Gasteiger partial charge on any atom is 0.308 e. The normalized spacial score (nSPS) is 23.9. The predicted octanol–water partition coefficient (Wildman–Crippen LogP) is 5.57. The van der Waals surface area contributed by atoms with Crippen molar-refractivity contribution < 1.29 is 32.6 Å². The van der Waals surface area contributed by atoms with E-state index in [1.807, 2.05) is 25.1 Å². The molecule has 2 aromatic carbocycles. The number of nitrogens with zero attached hydrogens (tertiary/aromatic N) is 1. The van der Waals surface area contributed by atoms with Crippen LogP contribution in [0.5, 0.6) is 5.75 Å². The smallest absolute Gasteiger partial charge is 0.308 e. The van der Waals surface area contributed by atoms with Crippen LogP contribution in [0, 0.1) is 11.8 Å². The monoisotopic (exact) mass is 672 g/mol. The quantitative estimate of drug-likeness (QED) is 0.248. The van der Waals surface area contributed by atoms with Crippen LogP contribution in [0.25, 0.3) is 0 Å². The van der Waals surface area contributed by atoms with Crippen molar-refractivity contribution in [2.75, 3.05) is 31.7 Å². The summed E-state index contributed by atoms with van der Waals surface area (Å²) in [5.41, 5.74) is 1.59. The SMILES string of the molecule is CC/C=C/[C@](O)(CC(=O)OC)[C@@H]1CC[C@H]1CN1C[C@@]2(CCCc3cc(Cl)ccc32)COc2ccc(C(=O)NS(=O)(=O)C(C)C)cc21. The number of allylic oxidation sites excluding steroid dienone is 1. The first-order valence-corrected chi connectivity index (χ1v) is 18.1. The molecule has 11 heteroatoms. The highest BCUT2D eigenvalue weighted by Crippen LogP contribution is 2.49. The number of amides is 1. The van der Waals surface area contributed by atoms with Gasteiger partial charge in [0, 0.05) is 29.1 Å². The molecule has 0 radical (unpaired) electrons. The Morgan fingerprint density at radius 2 is 2.02 bits per heavy atom. The number of sulfonamides is 1. The summed E-state index contributed by atoms with van der Waals surface area (Å²) in [6, 6.07) is 11.1. The van der Waals surface area contributed by atoms with Gasteiger partial charge in [-0.15, -0.1) is 0 Å². The summed E-state index contributed by atoms with van der Waals surface area (Å²) >= 11 is 6.40. The van der Waals surface area contributed by atoms with Crippen molar-refractivity contribution >= 4 is 39.2 Å². The lowest BCUT2D eigenvalue weighted by molar-refractivity contribution is -0.149. The van der Waals surface area contributed by atoms with Crippen LogP contribution < -0.4 is 14.4 Å².